The molecule has 1 atom stereocenters. The third kappa shape index (κ3) is 2.71. The minimum absolute atomic E-state index is 0.0230. The topological polar surface area (TPSA) is 74.0 Å². The highest BCUT2D eigenvalue weighted by Gasteiger charge is 2.31. The number of aromatic nitrogens is 3. The Hall–Kier alpha value is -2.74. The fourth-order valence-electron chi connectivity index (χ4n) is 4.00. The van der Waals surface area contributed by atoms with Gasteiger partial charge in [-0.3, -0.25) is 9.89 Å². The normalized spacial score (nSPS) is 19.6. The Bertz CT molecular complexity index is 1040. The summed E-state index contributed by atoms with van der Waals surface area (Å²) < 4.78 is 33.1. The number of rotatable bonds is 2. The summed E-state index contributed by atoms with van der Waals surface area (Å²) in [7, 11) is 0. The lowest BCUT2D eigenvalue weighted by Crippen LogP contribution is -2.36. The van der Waals surface area contributed by atoms with E-state index in [0.717, 1.165) is 42.5 Å². The number of hydrogen-bond acceptors (Lipinski definition) is 3. The second-order valence-electron chi connectivity index (χ2n) is 7.08. The molecule has 5 rings (SSSR count). The Morgan fingerprint density at radius 1 is 1.30 bits per heavy atom. The Morgan fingerprint density at radius 2 is 2.19 bits per heavy atom. The molecule has 1 aromatic carbocycles. The van der Waals surface area contributed by atoms with Crippen LogP contribution < -0.4 is 0 Å². The lowest BCUT2D eigenvalue weighted by atomic mass is 10.0. The van der Waals surface area contributed by atoms with Gasteiger partial charge in [-0.1, -0.05) is 0 Å². The first kappa shape index (κ1) is 16.4. The maximum Gasteiger partial charge on any atom is 0.270 e. The van der Waals surface area contributed by atoms with Crippen LogP contribution in [0.4, 0.5) is 8.78 Å². The van der Waals surface area contributed by atoms with Gasteiger partial charge in [-0.2, -0.15) is 5.10 Å². The largest absolute Gasteiger partial charge is 0.372 e. The molecule has 140 valence electrons. The van der Waals surface area contributed by atoms with Crippen LogP contribution in [0.5, 0.6) is 0 Å². The molecule has 0 spiro atoms. The number of aromatic amines is 2. The van der Waals surface area contributed by atoms with Gasteiger partial charge in [0.05, 0.1) is 11.2 Å². The molecule has 1 amide bonds. The monoisotopic (exact) mass is 372 g/mol. The molecule has 0 aliphatic carbocycles. The summed E-state index contributed by atoms with van der Waals surface area (Å²) in [4.78, 5) is 17.5. The number of amides is 1. The van der Waals surface area contributed by atoms with Crippen LogP contribution in [0.15, 0.2) is 18.2 Å². The molecule has 27 heavy (non-hydrogen) atoms. The summed E-state index contributed by atoms with van der Waals surface area (Å²) in [6.07, 6.45) is 2.58. The van der Waals surface area contributed by atoms with Crippen molar-refractivity contribution in [3.05, 3.63) is 52.5 Å². The van der Waals surface area contributed by atoms with Gasteiger partial charge in [0.2, 0.25) is 0 Å². The van der Waals surface area contributed by atoms with Crippen molar-refractivity contribution in [1.29, 1.82) is 0 Å². The second-order valence-corrected chi connectivity index (χ2v) is 7.08. The van der Waals surface area contributed by atoms with Gasteiger partial charge < -0.3 is 14.6 Å². The molecule has 2 N–H and O–H groups in total. The second kappa shape index (κ2) is 6.16. The molecule has 6 nitrogen and oxygen atoms in total. The van der Waals surface area contributed by atoms with Crippen molar-refractivity contribution in [3.63, 3.8) is 0 Å². The van der Waals surface area contributed by atoms with E-state index in [9.17, 15) is 13.6 Å². The van der Waals surface area contributed by atoms with Gasteiger partial charge in [0.15, 0.2) is 0 Å². The van der Waals surface area contributed by atoms with Crippen molar-refractivity contribution >= 4 is 16.8 Å². The fourth-order valence-corrected chi connectivity index (χ4v) is 4.00. The van der Waals surface area contributed by atoms with E-state index < -0.39 is 11.6 Å². The number of fused-ring (bicyclic) bond motifs is 2. The Balaban J connectivity index is 1.44. The molecular weight excluding hydrogens is 354 g/mol. The molecule has 2 aliphatic heterocycles. The summed E-state index contributed by atoms with van der Waals surface area (Å²) in [5.74, 6) is -1.60. The summed E-state index contributed by atoms with van der Waals surface area (Å²) in [5.41, 5.74) is 3.45. The fraction of sp³-hybridized carbons (Fsp3) is 0.368. The number of H-pyrrole nitrogens is 2. The number of carbonyl (C=O) groups excluding carboxylic acids is 1. The predicted octanol–water partition coefficient (Wildman–Crippen LogP) is 3.22. The zero-order chi connectivity index (χ0) is 18.5. The maximum absolute atomic E-state index is 13.9. The number of halogens is 2. The molecule has 0 radical (unpaired) electrons. The van der Waals surface area contributed by atoms with E-state index in [0.29, 0.717) is 19.5 Å². The number of benzene rings is 1. The number of nitrogens with one attached hydrogen (secondary N) is 2. The molecular formula is C19H18F2N4O2. The highest BCUT2D eigenvalue weighted by molar-refractivity contribution is 5.98. The van der Waals surface area contributed by atoms with E-state index in [2.05, 4.69) is 15.2 Å². The van der Waals surface area contributed by atoms with Crippen molar-refractivity contribution in [2.45, 2.75) is 31.9 Å². The van der Waals surface area contributed by atoms with Gasteiger partial charge in [-0.25, -0.2) is 8.78 Å². The molecule has 4 heterocycles. The molecule has 1 fully saturated rings. The van der Waals surface area contributed by atoms with Crippen LogP contribution in [0, 0.1) is 11.6 Å². The van der Waals surface area contributed by atoms with Crippen LogP contribution in [-0.4, -0.2) is 39.1 Å². The number of carbonyl (C=O) groups is 1. The molecule has 3 aromatic rings. The van der Waals surface area contributed by atoms with E-state index in [1.165, 1.54) is 12.1 Å². The van der Waals surface area contributed by atoms with Crippen LogP contribution in [0.3, 0.4) is 0 Å². The summed E-state index contributed by atoms with van der Waals surface area (Å²) in [5, 5.41) is 7.69. The number of ether oxygens (including phenoxy) is 1. The standard InChI is InChI=1S/C19H18F2N4O2/c20-10-6-13(21)11-8-16(22-15(11)7-10)19(26)25-4-3-14-12(9-25)18(24-23-14)17-2-1-5-27-17/h6-8,17,22H,1-5,9H2,(H,23,24). The smallest absolute Gasteiger partial charge is 0.270 e. The quantitative estimate of drug-likeness (QED) is 0.725. The van der Waals surface area contributed by atoms with Gasteiger partial charge in [-0.15, -0.1) is 0 Å². The maximum atomic E-state index is 13.9. The minimum Gasteiger partial charge on any atom is -0.372 e. The lowest BCUT2D eigenvalue weighted by molar-refractivity contribution is 0.0722. The Morgan fingerprint density at radius 3 is 3.00 bits per heavy atom. The van der Waals surface area contributed by atoms with Gasteiger partial charge in [-0.05, 0) is 25.0 Å². The van der Waals surface area contributed by atoms with Crippen LogP contribution >= 0.6 is 0 Å². The van der Waals surface area contributed by atoms with Crippen LogP contribution in [0.25, 0.3) is 10.9 Å². The van der Waals surface area contributed by atoms with Gasteiger partial charge in [0.1, 0.15) is 23.4 Å². The zero-order valence-electron chi connectivity index (χ0n) is 14.5. The number of hydrogen-bond donors (Lipinski definition) is 2. The van der Waals surface area contributed by atoms with Crippen molar-refractivity contribution in [2.75, 3.05) is 13.2 Å². The molecule has 2 aliphatic rings. The number of nitrogens with zero attached hydrogens (tertiary/aromatic N) is 2. The first-order valence-electron chi connectivity index (χ1n) is 9.05. The molecule has 1 unspecified atom stereocenters. The van der Waals surface area contributed by atoms with E-state index in [4.69, 9.17) is 4.74 Å². The van der Waals surface area contributed by atoms with E-state index in [1.807, 2.05) is 0 Å². The van der Waals surface area contributed by atoms with Crippen molar-refractivity contribution in [3.8, 4) is 0 Å². The predicted molar refractivity (Wildman–Crippen MR) is 93.2 cm³/mol. The highest BCUT2D eigenvalue weighted by atomic mass is 19.1. The van der Waals surface area contributed by atoms with Gasteiger partial charge in [0.25, 0.3) is 5.91 Å². The van der Waals surface area contributed by atoms with Crippen molar-refractivity contribution < 1.29 is 18.3 Å². The first-order chi connectivity index (χ1) is 13.1. The van der Waals surface area contributed by atoms with Gasteiger partial charge >= 0.3 is 0 Å². The molecule has 1 saturated heterocycles. The Labute approximate surface area is 153 Å². The average molecular weight is 372 g/mol. The SMILES string of the molecule is O=C(c1cc2c(F)cc(F)cc2[nH]1)N1CCc2[nH]nc(C3CCCO3)c2C1. The Kier molecular flexibility index (Phi) is 3.75. The molecule has 8 heteroatoms. The van der Waals surface area contributed by atoms with E-state index in [-0.39, 0.29) is 28.6 Å². The first-order valence-corrected chi connectivity index (χ1v) is 9.05. The third-order valence-electron chi connectivity index (χ3n) is 5.37. The summed E-state index contributed by atoms with van der Waals surface area (Å²) in [6.45, 7) is 1.68. The zero-order valence-corrected chi connectivity index (χ0v) is 14.5. The molecule has 2 aromatic heterocycles. The van der Waals surface area contributed by atoms with Gasteiger partial charge in [0, 0.05) is 48.8 Å². The lowest BCUT2D eigenvalue weighted by Gasteiger charge is -2.27. The van der Waals surface area contributed by atoms with Crippen LogP contribution in [-0.2, 0) is 17.7 Å². The summed E-state index contributed by atoms with van der Waals surface area (Å²) >= 11 is 0. The average Bonchev–Trinajstić information content (AvgIpc) is 3.38. The van der Waals surface area contributed by atoms with E-state index >= 15 is 0 Å². The molecule has 0 saturated carbocycles. The highest BCUT2D eigenvalue weighted by Crippen LogP contribution is 2.33. The minimum atomic E-state index is -0.684. The van der Waals surface area contributed by atoms with Crippen molar-refractivity contribution in [1.82, 2.24) is 20.1 Å². The molecule has 0 bridgehead atoms. The van der Waals surface area contributed by atoms with Crippen LogP contribution in [0.1, 0.15) is 46.4 Å². The van der Waals surface area contributed by atoms with Crippen molar-refractivity contribution in [2.24, 2.45) is 0 Å². The van der Waals surface area contributed by atoms with Crippen LogP contribution in [0.2, 0.25) is 0 Å². The summed E-state index contributed by atoms with van der Waals surface area (Å²) in [6, 6.07) is 3.45. The third-order valence-corrected chi connectivity index (χ3v) is 5.37. The van der Waals surface area contributed by atoms with E-state index in [1.54, 1.807) is 4.90 Å².